The first kappa shape index (κ1) is 13.4. The number of nitrogens with zero attached hydrogens (tertiary/aromatic N) is 1. The third-order valence-electron chi connectivity index (χ3n) is 2.70. The Morgan fingerprint density at radius 1 is 1.26 bits per heavy atom. The van der Waals surface area contributed by atoms with E-state index in [-0.39, 0.29) is 17.2 Å². The molecule has 0 unspecified atom stereocenters. The van der Waals surface area contributed by atoms with Crippen LogP contribution in [0.25, 0.3) is 0 Å². The van der Waals surface area contributed by atoms with E-state index in [4.69, 9.17) is 11.6 Å². The molecule has 0 saturated carbocycles. The van der Waals surface area contributed by atoms with Crippen LogP contribution in [0.2, 0.25) is 5.15 Å². The van der Waals surface area contributed by atoms with Crippen molar-refractivity contribution in [1.29, 1.82) is 0 Å². The van der Waals surface area contributed by atoms with Crippen LogP contribution in [0.5, 0.6) is 5.75 Å². The molecular weight excluding hydrogens is 264 g/mol. The topological polar surface area (TPSA) is 62.2 Å². The number of hydrogen-bond donors (Lipinski definition) is 2. The van der Waals surface area contributed by atoms with Gasteiger partial charge in [-0.25, -0.2) is 4.98 Å². The molecule has 0 aliphatic carbocycles. The molecule has 2 aromatic rings. The second-order valence-corrected chi connectivity index (χ2v) is 4.63. The fraction of sp³-hybridized carbons (Fsp3) is 0.143. The van der Waals surface area contributed by atoms with E-state index in [9.17, 15) is 9.90 Å². The molecule has 0 radical (unpaired) electrons. The summed E-state index contributed by atoms with van der Waals surface area (Å²) in [4.78, 5) is 16.1. The predicted octanol–water partition coefficient (Wildman–Crippen LogP) is 3.31. The van der Waals surface area contributed by atoms with Gasteiger partial charge in [-0.2, -0.15) is 0 Å². The van der Waals surface area contributed by atoms with E-state index in [2.05, 4.69) is 10.3 Å². The molecule has 1 heterocycles. The van der Waals surface area contributed by atoms with Gasteiger partial charge in [-0.05, 0) is 38.1 Å². The Balaban J connectivity index is 2.28. The molecule has 0 saturated heterocycles. The van der Waals surface area contributed by atoms with Crippen molar-refractivity contribution in [1.82, 2.24) is 4.98 Å². The SMILES string of the molecule is Cc1ccc(O)c(C(=O)Nc2ccc(Cl)nc2C)c1. The van der Waals surface area contributed by atoms with Crippen LogP contribution in [-0.2, 0) is 0 Å². The molecule has 1 aromatic carbocycles. The molecule has 1 amide bonds. The Bertz CT molecular complexity index is 641. The second kappa shape index (κ2) is 5.28. The summed E-state index contributed by atoms with van der Waals surface area (Å²) in [5.41, 5.74) is 2.31. The Morgan fingerprint density at radius 3 is 2.68 bits per heavy atom. The van der Waals surface area contributed by atoms with Gasteiger partial charge < -0.3 is 10.4 Å². The van der Waals surface area contributed by atoms with Crippen LogP contribution in [0, 0.1) is 13.8 Å². The van der Waals surface area contributed by atoms with Crippen LogP contribution >= 0.6 is 11.6 Å². The molecule has 4 nitrogen and oxygen atoms in total. The highest BCUT2D eigenvalue weighted by molar-refractivity contribution is 6.29. The predicted molar refractivity (Wildman–Crippen MR) is 74.8 cm³/mol. The minimum atomic E-state index is -0.381. The number of rotatable bonds is 2. The molecule has 2 rings (SSSR count). The van der Waals surface area contributed by atoms with Gasteiger partial charge in [0, 0.05) is 0 Å². The van der Waals surface area contributed by atoms with Gasteiger partial charge in [-0.3, -0.25) is 4.79 Å². The molecule has 98 valence electrons. The highest BCUT2D eigenvalue weighted by atomic mass is 35.5. The molecule has 0 fully saturated rings. The van der Waals surface area contributed by atoms with E-state index >= 15 is 0 Å². The van der Waals surface area contributed by atoms with Gasteiger partial charge in [0.05, 0.1) is 16.9 Å². The fourth-order valence-electron chi connectivity index (χ4n) is 1.68. The minimum absolute atomic E-state index is 0.0531. The van der Waals surface area contributed by atoms with Gasteiger partial charge in [0.25, 0.3) is 5.91 Å². The summed E-state index contributed by atoms with van der Waals surface area (Å²) in [5.74, 6) is -0.434. The zero-order valence-corrected chi connectivity index (χ0v) is 11.3. The van der Waals surface area contributed by atoms with Crippen LogP contribution in [0.1, 0.15) is 21.6 Å². The zero-order valence-electron chi connectivity index (χ0n) is 10.6. The van der Waals surface area contributed by atoms with Crippen molar-refractivity contribution in [3.63, 3.8) is 0 Å². The molecule has 1 aromatic heterocycles. The molecule has 19 heavy (non-hydrogen) atoms. The van der Waals surface area contributed by atoms with E-state index in [1.165, 1.54) is 6.07 Å². The molecule has 0 bridgehead atoms. The number of aromatic nitrogens is 1. The lowest BCUT2D eigenvalue weighted by Gasteiger charge is -2.09. The first-order valence-electron chi connectivity index (χ1n) is 5.71. The number of carbonyl (C=O) groups is 1. The van der Waals surface area contributed by atoms with E-state index < -0.39 is 0 Å². The number of phenolic OH excluding ortho intramolecular Hbond substituents is 1. The Kier molecular flexibility index (Phi) is 3.71. The van der Waals surface area contributed by atoms with E-state index in [1.807, 2.05) is 6.92 Å². The zero-order chi connectivity index (χ0) is 14.0. The number of nitrogens with one attached hydrogen (secondary N) is 1. The summed E-state index contributed by atoms with van der Waals surface area (Å²) in [6.45, 7) is 3.60. The molecule has 0 atom stereocenters. The van der Waals surface area contributed by atoms with Crippen molar-refractivity contribution in [3.05, 3.63) is 52.3 Å². The number of aryl methyl sites for hydroxylation is 2. The molecule has 0 aliphatic rings. The molecule has 5 heteroatoms. The smallest absolute Gasteiger partial charge is 0.259 e. The van der Waals surface area contributed by atoms with Crippen molar-refractivity contribution in [3.8, 4) is 5.75 Å². The van der Waals surface area contributed by atoms with E-state index in [1.54, 1.807) is 31.2 Å². The third kappa shape index (κ3) is 3.03. The van der Waals surface area contributed by atoms with Gasteiger partial charge in [0.2, 0.25) is 0 Å². The number of halogens is 1. The summed E-state index contributed by atoms with van der Waals surface area (Å²) in [5, 5.41) is 12.8. The number of pyridine rings is 1. The molecular formula is C14H13ClN2O2. The normalized spacial score (nSPS) is 10.3. The van der Waals surface area contributed by atoms with Crippen molar-refractivity contribution in [2.24, 2.45) is 0 Å². The maximum absolute atomic E-state index is 12.1. The van der Waals surface area contributed by atoms with Crippen molar-refractivity contribution in [2.45, 2.75) is 13.8 Å². The Morgan fingerprint density at radius 2 is 2.00 bits per heavy atom. The van der Waals surface area contributed by atoms with Crippen molar-refractivity contribution >= 4 is 23.2 Å². The van der Waals surface area contributed by atoms with Gasteiger partial charge in [-0.1, -0.05) is 23.2 Å². The minimum Gasteiger partial charge on any atom is -0.507 e. The quantitative estimate of drug-likeness (QED) is 0.827. The number of benzene rings is 1. The average molecular weight is 277 g/mol. The monoisotopic (exact) mass is 276 g/mol. The van der Waals surface area contributed by atoms with Gasteiger partial charge >= 0.3 is 0 Å². The molecule has 0 aliphatic heterocycles. The first-order valence-corrected chi connectivity index (χ1v) is 6.09. The number of anilines is 1. The lowest BCUT2D eigenvalue weighted by molar-refractivity contribution is 0.102. The van der Waals surface area contributed by atoms with Crippen LogP contribution in [0.3, 0.4) is 0 Å². The van der Waals surface area contributed by atoms with Crippen LogP contribution < -0.4 is 5.32 Å². The summed E-state index contributed by atoms with van der Waals surface area (Å²) < 4.78 is 0. The third-order valence-corrected chi connectivity index (χ3v) is 2.91. The van der Waals surface area contributed by atoms with Crippen LogP contribution in [-0.4, -0.2) is 16.0 Å². The summed E-state index contributed by atoms with van der Waals surface area (Å²) >= 11 is 5.75. The summed E-state index contributed by atoms with van der Waals surface area (Å²) in [6, 6.07) is 8.14. The van der Waals surface area contributed by atoms with Crippen molar-refractivity contribution < 1.29 is 9.90 Å². The number of amides is 1. The van der Waals surface area contributed by atoms with Crippen LogP contribution in [0.15, 0.2) is 30.3 Å². The molecule has 0 spiro atoms. The van der Waals surface area contributed by atoms with E-state index in [0.717, 1.165) is 5.56 Å². The lowest BCUT2D eigenvalue weighted by atomic mass is 10.1. The Hall–Kier alpha value is -2.07. The first-order chi connectivity index (χ1) is 8.97. The number of aromatic hydroxyl groups is 1. The molecule has 2 N–H and O–H groups in total. The van der Waals surface area contributed by atoms with E-state index in [0.29, 0.717) is 16.5 Å². The lowest BCUT2D eigenvalue weighted by Crippen LogP contribution is -2.13. The fourth-order valence-corrected chi connectivity index (χ4v) is 1.87. The summed E-state index contributed by atoms with van der Waals surface area (Å²) in [7, 11) is 0. The van der Waals surface area contributed by atoms with Crippen LogP contribution in [0.4, 0.5) is 5.69 Å². The maximum Gasteiger partial charge on any atom is 0.259 e. The average Bonchev–Trinajstić information content (AvgIpc) is 2.35. The van der Waals surface area contributed by atoms with Gasteiger partial charge in [0.1, 0.15) is 10.9 Å². The number of phenols is 1. The standard InChI is InChI=1S/C14H13ClN2O2/c1-8-3-5-12(18)10(7-8)14(19)17-11-4-6-13(15)16-9(11)2/h3-7,18H,1-2H3,(H,17,19). The number of hydrogen-bond acceptors (Lipinski definition) is 3. The van der Waals surface area contributed by atoms with Gasteiger partial charge in [0.15, 0.2) is 0 Å². The summed E-state index contributed by atoms with van der Waals surface area (Å²) in [6.07, 6.45) is 0. The van der Waals surface area contributed by atoms with Crippen molar-refractivity contribution in [2.75, 3.05) is 5.32 Å². The van der Waals surface area contributed by atoms with Gasteiger partial charge in [-0.15, -0.1) is 0 Å². The highest BCUT2D eigenvalue weighted by Crippen LogP contribution is 2.21. The second-order valence-electron chi connectivity index (χ2n) is 4.24. The highest BCUT2D eigenvalue weighted by Gasteiger charge is 2.13. The maximum atomic E-state index is 12.1. The Labute approximate surface area is 116 Å². The largest absolute Gasteiger partial charge is 0.507 e. The number of carbonyl (C=O) groups excluding carboxylic acids is 1.